The van der Waals surface area contributed by atoms with Gasteiger partial charge in [-0.15, -0.1) is 21.5 Å². The van der Waals surface area contributed by atoms with Crippen LogP contribution in [0.5, 0.6) is 5.75 Å². The van der Waals surface area contributed by atoms with Crippen molar-refractivity contribution in [3.05, 3.63) is 128 Å². The molecule has 3 N–H and O–H groups in total. The van der Waals surface area contributed by atoms with Gasteiger partial charge in [-0.1, -0.05) is 29.8 Å². The van der Waals surface area contributed by atoms with E-state index < -0.39 is 6.04 Å². The zero-order valence-corrected chi connectivity index (χ0v) is 37.5. The number of thiophene rings is 1. The number of hydrogen-bond donors (Lipinski definition) is 3. The predicted molar refractivity (Wildman–Crippen MR) is 249 cm³/mol. The predicted octanol–water partition coefficient (Wildman–Crippen LogP) is 9.39. The first-order valence-electron chi connectivity index (χ1n) is 21.3. The molecule has 0 bridgehead atoms. The number of pyridine rings is 1. The van der Waals surface area contributed by atoms with E-state index >= 15 is 0 Å². The molecule has 63 heavy (non-hydrogen) atoms. The molecular weight excluding hydrogens is 836 g/mol. The van der Waals surface area contributed by atoms with Gasteiger partial charge in [0, 0.05) is 56.8 Å². The van der Waals surface area contributed by atoms with Gasteiger partial charge in [0.1, 0.15) is 28.4 Å². The number of carbonyl (C=O) groups is 2. The van der Waals surface area contributed by atoms with Gasteiger partial charge in [-0.2, -0.15) is 0 Å². The van der Waals surface area contributed by atoms with E-state index in [9.17, 15) is 9.59 Å². The van der Waals surface area contributed by atoms with E-state index in [4.69, 9.17) is 35.8 Å². The fourth-order valence-corrected chi connectivity index (χ4v) is 9.10. The molecule has 326 valence electrons. The molecule has 2 amide bonds. The minimum atomic E-state index is -0.555. The van der Waals surface area contributed by atoms with Gasteiger partial charge in [0.15, 0.2) is 5.82 Å². The number of rotatable bonds is 19. The Labute approximate surface area is 376 Å². The normalized spacial score (nSPS) is 14.0. The molecule has 0 aliphatic carbocycles. The maximum atomic E-state index is 13.5. The summed E-state index contributed by atoms with van der Waals surface area (Å²) in [6.07, 6.45) is 3.33. The van der Waals surface area contributed by atoms with E-state index in [1.54, 1.807) is 11.3 Å². The lowest BCUT2D eigenvalue weighted by Crippen LogP contribution is -2.17. The molecular formula is C48H51ClN8O5S. The van der Waals surface area contributed by atoms with Crippen molar-refractivity contribution in [2.75, 3.05) is 55.5 Å². The number of unbranched alkanes of at least 4 members (excludes halogenated alkanes) is 2. The number of aryl methyl sites for hydroxylation is 3. The second-order valence-electron chi connectivity index (χ2n) is 15.7. The average molecular weight is 888 g/mol. The number of hydrogen-bond acceptors (Lipinski definition) is 11. The third-order valence-corrected chi connectivity index (χ3v) is 12.6. The molecule has 0 unspecified atom stereocenters. The van der Waals surface area contributed by atoms with Crippen molar-refractivity contribution in [1.29, 1.82) is 0 Å². The van der Waals surface area contributed by atoms with E-state index in [1.807, 2.05) is 85.1 Å². The van der Waals surface area contributed by atoms with E-state index in [-0.39, 0.29) is 18.2 Å². The van der Waals surface area contributed by atoms with Gasteiger partial charge in [0.05, 0.1) is 45.0 Å². The van der Waals surface area contributed by atoms with Crippen molar-refractivity contribution in [3.63, 3.8) is 0 Å². The lowest BCUT2D eigenvalue weighted by molar-refractivity contribution is -0.117. The summed E-state index contributed by atoms with van der Waals surface area (Å²) in [5.74, 6) is 2.78. The third kappa shape index (κ3) is 10.5. The Bertz CT molecular complexity index is 2620. The zero-order chi connectivity index (χ0) is 43.9. The fraction of sp³-hybridized carbons (Fsp3) is 0.333. The number of halogens is 1. The highest BCUT2D eigenvalue weighted by molar-refractivity contribution is 7.15. The SMILES string of the molecule is Cc1nc(NCCOCCOCCCCCOc2ccc(NC(=O)C[C@@H]3N=C(c4ccc(Cl)cc4)c4c(sc(C)c4C)-n4c(C)nnc43)cc2)ccc1-c1ccc2c(c1)CC(=O)N2. The first kappa shape index (κ1) is 43.7. The molecule has 13 nitrogen and oxygen atoms in total. The molecule has 1 atom stereocenters. The van der Waals surface area contributed by atoms with Gasteiger partial charge in [-0.3, -0.25) is 19.1 Å². The van der Waals surface area contributed by atoms with Gasteiger partial charge in [0.25, 0.3) is 0 Å². The summed E-state index contributed by atoms with van der Waals surface area (Å²) in [5.41, 5.74) is 9.51. The van der Waals surface area contributed by atoms with Gasteiger partial charge < -0.3 is 30.2 Å². The van der Waals surface area contributed by atoms with Gasteiger partial charge in [-0.25, -0.2) is 4.98 Å². The number of nitrogens with zero attached hydrogens (tertiary/aromatic N) is 5. The number of benzene rings is 3. The van der Waals surface area contributed by atoms with Crippen molar-refractivity contribution in [2.24, 2.45) is 4.99 Å². The molecule has 0 spiro atoms. The van der Waals surface area contributed by atoms with Crippen molar-refractivity contribution in [1.82, 2.24) is 19.7 Å². The largest absolute Gasteiger partial charge is 0.494 e. The van der Waals surface area contributed by atoms with Crippen molar-refractivity contribution in [2.45, 2.75) is 65.8 Å². The van der Waals surface area contributed by atoms with Crippen molar-refractivity contribution >= 4 is 57.7 Å². The summed E-state index contributed by atoms with van der Waals surface area (Å²) in [4.78, 5) is 36.3. The van der Waals surface area contributed by atoms with Crippen LogP contribution in [0.4, 0.5) is 17.2 Å². The highest BCUT2D eigenvalue weighted by atomic mass is 35.5. The lowest BCUT2D eigenvalue weighted by Gasteiger charge is -2.13. The van der Waals surface area contributed by atoms with E-state index in [0.29, 0.717) is 62.5 Å². The Balaban J connectivity index is 0.708. The maximum Gasteiger partial charge on any atom is 0.228 e. The summed E-state index contributed by atoms with van der Waals surface area (Å²) >= 11 is 7.93. The Morgan fingerprint density at radius 2 is 1.63 bits per heavy atom. The van der Waals surface area contributed by atoms with Gasteiger partial charge in [-0.05, 0) is 124 Å². The minimum absolute atomic E-state index is 0.0327. The number of aliphatic imine (C=N–C) groups is 1. The number of aromatic nitrogens is 4. The summed E-state index contributed by atoms with van der Waals surface area (Å²) in [7, 11) is 0. The molecule has 2 aliphatic rings. The molecule has 6 aromatic rings. The summed E-state index contributed by atoms with van der Waals surface area (Å²) in [6, 6.07) is 24.6. The zero-order valence-electron chi connectivity index (χ0n) is 35.9. The molecule has 5 heterocycles. The average Bonchev–Trinajstić information content (AvgIpc) is 3.91. The number of fused-ring (bicyclic) bond motifs is 4. The number of anilines is 3. The standard InChI is InChI=1S/C48H51ClN8O5S/c1-29-31(3)63-48-45(29)46(33-8-11-36(49)12-9-33)54-41(47-56-55-32(4)57(47)48)28-44(59)52-37-13-15-38(16-14-37)62-22-7-5-6-21-60-24-25-61-23-20-50-42-19-17-39(30(2)51-42)34-10-18-40-35(26-34)27-43(58)53-40/h8-19,26,41H,5-7,20-25,27-28H2,1-4H3,(H,50,51)(H,52,59)(H,53,58)/t41-/m0/s1. The molecule has 2 aliphatic heterocycles. The van der Waals surface area contributed by atoms with Crippen LogP contribution in [-0.2, 0) is 25.5 Å². The van der Waals surface area contributed by atoms with E-state index in [1.165, 1.54) is 4.88 Å². The molecule has 0 fully saturated rings. The van der Waals surface area contributed by atoms with E-state index in [0.717, 1.165) is 92.1 Å². The van der Waals surface area contributed by atoms with E-state index in [2.05, 4.69) is 52.1 Å². The molecule has 0 saturated carbocycles. The molecule has 15 heteroatoms. The van der Waals surface area contributed by atoms with Crippen molar-refractivity contribution in [3.8, 4) is 21.9 Å². The third-order valence-electron chi connectivity index (χ3n) is 11.1. The van der Waals surface area contributed by atoms with Crippen LogP contribution in [0.25, 0.3) is 16.1 Å². The highest BCUT2D eigenvalue weighted by Crippen LogP contribution is 2.40. The van der Waals surface area contributed by atoms with Gasteiger partial charge >= 0.3 is 0 Å². The van der Waals surface area contributed by atoms with Crippen LogP contribution in [0.2, 0.25) is 5.02 Å². The lowest BCUT2D eigenvalue weighted by atomic mass is 9.99. The van der Waals surface area contributed by atoms with Crippen LogP contribution in [0.1, 0.15) is 76.2 Å². The molecule has 3 aromatic carbocycles. The Kier molecular flexibility index (Phi) is 13.9. The van der Waals surface area contributed by atoms with Crippen molar-refractivity contribution < 1.29 is 23.8 Å². The molecule has 3 aromatic heterocycles. The van der Waals surface area contributed by atoms with Crippen LogP contribution in [0, 0.1) is 27.7 Å². The monoisotopic (exact) mass is 886 g/mol. The number of ether oxygens (including phenoxy) is 3. The Morgan fingerprint density at radius 1 is 0.873 bits per heavy atom. The number of nitrogens with one attached hydrogen (secondary N) is 3. The van der Waals surface area contributed by atoms with Crippen LogP contribution < -0.4 is 20.7 Å². The Morgan fingerprint density at radius 3 is 2.43 bits per heavy atom. The number of amides is 2. The van der Waals surface area contributed by atoms with Crippen LogP contribution in [0.3, 0.4) is 0 Å². The number of carbonyl (C=O) groups excluding carboxylic acids is 2. The van der Waals surface area contributed by atoms with Crippen LogP contribution in [0.15, 0.2) is 83.9 Å². The summed E-state index contributed by atoms with van der Waals surface area (Å²) in [6.45, 7) is 11.7. The topological polar surface area (TPSA) is 154 Å². The molecule has 0 radical (unpaired) electrons. The first-order chi connectivity index (χ1) is 30.6. The second-order valence-corrected chi connectivity index (χ2v) is 17.3. The van der Waals surface area contributed by atoms with Crippen LogP contribution >= 0.6 is 22.9 Å². The summed E-state index contributed by atoms with van der Waals surface area (Å²) in [5, 5.41) is 19.8. The summed E-state index contributed by atoms with van der Waals surface area (Å²) < 4.78 is 19.5. The molecule has 8 rings (SSSR count). The minimum Gasteiger partial charge on any atom is -0.494 e. The highest BCUT2D eigenvalue weighted by Gasteiger charge is 2.32. The smallest absolute Gasteiger partial charge is 0.228 e. The van der Waals surface area contributed by atoms with Gasteiger partial charge in [0.2, 0.25) is 11.8 Å². The first-order valence-corrected chi connectivity index (χ1v) is 22.5. The quantitative estimate of drug-likeness (QED) is 0.0676. The molecule has 0 saturated heterocycles. The maximum absolute atomic E-state index is 13.5. The second kappa shape index (κ2) is 20.1. The Hall–Kier alpha value is -5.93. The van der Waals surface area contributed by atoms with Crippen LogP contribution in [-0.4, -0.2) is 76.9 Å². The fourth-order valence-electron chi connectivity index (χ4n) is 7.76.